The SMILES string of the molecule is Cc1ccc(Oc2cccc(Cl)c2N)c(C)c1. The Labute approximate surface area is 106 Å². The van der Waals surface area contributed by atoms with Crippen molar-refractivity contribution >= 4 is 17.3 Å². The van der Waals surface area contributed by atoms with Crippen LogP contribution in [0.25, 0.3) is 0 Å². The number of nitrogen functional groups attached to an aromatic ring is 1. The van der Waals surface area contributed by atoms with E-state index in [1.807, 2.05) is 32.0 Å². The van der Waals surface area contributed by atoms with Gasteiger partial charge in [-0.15, -0.1) is 0 Å². The molecule has 0 unspecified atom stereocenters. The maximum atomic E-state index is 5.94. The van der Waals surface area contributed by atoms with Crippen LogP contribution in [0.4, 0.5) is 5.69 Å². The number of ether oxygens (including phenoxy) is 1. The lowest BCUT2D eigenvalue weighted by Crippen LogP contribution is -1.94. The van der Waals surface area contributed by atoms with Crippen LogP contribution in [-0.2, 0) is 0 Å². The van der Waals surface area contributed by atoms with Crippen LogP contribution in [0.15, 0.2) is 36.4 Å². The molecule has 17 heavy (non-hydrogen) atoms. The fourth-order valence-electron chi connectivity index (χ4n) is 1.64. The average molecular weight is 248 g/mol. The summed E-state index contributed by atoms with van der Waals surface area (Å²) in [6.07, 6.45) is 0. The van der Waals surface area contributed by atoms with E-state index >= 15 is 0 Å². The first kappa shape index (κ1) is 11.8. The Hall–Kier alpha value is -1.67. The van der Waals surface area contributed by atoms with Gasteiger partial charge in [0.15, 0.2) is 5.75 Å². The predicted molar refractivity (Wildman–Crippen MR) is 71.9 cm³/mol. The Bertz CT molecular complexity index is 552. The molecular weight excluding hydrogens is 234 g/mol. The van der Waals surface area contributed by atoms with Gasteiger partial charge < -0.3 is 10.5 Å². The van der Waals surface area contributed by atoms with Gasteiger partial charge in [0.25, 0.3) is 0 Å². The van der Waals surface area contributed by atoms with E-state index < -0.39 is 0 Å². The van der Waals surface area contributed by atoms with Crippen LogP contribution in [0.5, 0.6) is 11.5 Å². The van der Waals surface area contributed by atoms with Crippen molar-refractivity contribution in [3.63, 3.8) is 0 Å². The molecule has 2 aromatic rings. The Morgan fingerprint density at radius 1 is 1.06 bits per heavy atom. The molecule has 88 valence electrons. The minimum Gasteiger partial charge on any atom is -0.455 e. The quantitative estimate of drug-likeness (QED) is 0.802. The van der Waals surface area contributed by atoms with Gasteiger partial charge in [-0.25, -0.2) is 0 Å². The van der Waals surface area contributed by atoms with Crippen molar-refractivity contribution in [3.8, 4) is 11.5 Å². The number of aryl methyl sites for hydroxylation is 2. The zero-order chi connectivity index (χ0) is 12.4. The summed E-state index contributed by atoms with van der Waals surface area (Å²) >= 11 is 5.94. The second-order valence-electron chi connectivity index (χ2n) is 4.02. The summed E-state index contributed by atoms with van der Waals surface area (Å²) in [5.74, 6) is 1.38. The van der Waals surface area contributed by atoms with Crippen molar-refractivity contribution in [2.24, 2.45) is 0 Å². The molecule has 0 aromatic heterocycles. The lowest BCUT2D eigenvalue weighted by atomic mass is 10.1. The van der Waals surface area contributed by atoms with E-state index in [9.17, 15) is 0 Å². The molecule has 0 atom stereocenters. The summed E-state index contributed by atoms with van der Waals surface area (Å²) in [5, 5.41) is 0.507. The number of para-hydroxylation sites is 1. The smallest absolute Gasteiger partial charge is 0.151 e. The number of hydrogen-bond acceptors (Lipinski definition) is 2. The average Bonchev–Trinajstić information content (AvgIpc) is 2.28. The van der Waals surface area contributed by atoms with E-state index in [0.29, 0.717) is 16.5 Å². The number of hydrogen-bond donors (Lipinski definition) is 1. The molecule has 0 saturated carbocycles. The second-order valence-corrected chi connectivity index (χ2v) is 4.43. The summed E-state index contributed by atoms with van der Waals surface area (Å²) in [6, 6.07) is 11.4. The highest BCUT2D eigenvalue weighted by Crippen LogP contribution is 2.33. The number of benzene rings is 2. The van der Waals surface area contributed by atoms with Gasteiger partial charge in [0.05, 0.1) is 10.7 Å². The third-order valence-corrected chi connectivity index (χ3v) is 2.89. The minimum absolute atomic E-state index is 0.467. The van der Waals surface area contributed by atoms with Crippen LogP contribution < -0.4 is 10.5 Å². The molecule has 0 spiro atoms. The molecule has 0 radical (unpaired) electrons. The molecule has 0 aliphatic rings. The van der Waals surface area contributed by atoms with E-state index in [4.69, 9.17) is 22.1 Å². The third kappa shape index (κ3) is 2.53. The first-order chi connectivity index (χ1) is 8.08. The van der Waals surface area contributed by atoms with Gasteiger partial charge in [-0.05, 0) is 37.6 Å². The van der Waals surface area contributed by atoms with Crippen molar-refractivity contribution in [3.05, 3.63) is 52.5 Å². The Kier molecular flexibility index (Phi) is 3.25. The number of halogens is 1. The van der Waals surface area contributed by atoms with E-state index in [1.165, 1.54) is 5.56 Å². The van der Waals surface area contributed by atoms with Gasteiger partial charge in [-0.3, -0.25) is 0 Å². The maximum Gasteiger partial charge on any atom is 0.151 e. The molecule has 0 saturated heterocycles. The maximum absolute atomic E-state index is 5.94. The Morgan fingerprint density at radius 3 is 2.53 bits per heavy atom. The highest BCUT2D eigenvalue weighted by molar-refractivity contribution is 6.33. The van der Waals surface area contributed by atoms with Crippen LogP contribution in [-0.4, -0.2) is 0 Å². The molecule has 2 nitrogen and oxygen atoms in total. The van der Waals surface area contributed by atoms with E-state index in [2.05, 4.69) is 6.07 Å². The molecule has 0 aliphatic carbocycles. The highest BCUT2D eigenvalue weighted by Gasteiger charge is 2.07. The lowest BCUT2D eigenvalue weighted by Gasteiger charge is -2.11. The lowest BCUT2D eigenvalue weighted by molar-refractivity contribution is 0.481. The molecule has 0 fully saturated rings. The molecule has 0 aliphatic heterocycles. The fraction of sp³-hybridized carbons (Fsp3) is 0.143. The molecule has 0 bridgehead atoms. The standard InChI is InChI=1S/C14H14ClNO/c1-9-6-7-12(10(2)8-9)17-13-5-3-4-11(15)14(13)16/h3-8H,16H2,1-2H3. The molecule has 2 N–H and O–H groups in total. The van der Waals surface area contributed by atoms with Gasteiger partial charge >= 0.3 is 0 Å². The highest BCUT2D eigenvalue weighted by atomic mass is 35.5. The van der Waals surface area contributed by atoms with E-state index in [-0.39, 0.29) is 0 Å². The summed E-state index contributed by atoms with van der Waals surface area (Å²) in [4.78, 5) is 0. The fourth-order valence-corrected chi connectivity index (χ4v) is 1.80. The number of anilines is 1. The summed E-state index contributed by atoms with van der Waals surface area (Å²) in [7, 11) is 0. The molecule has 3 heteroatoms. The second kappa shape index (κ2) is 4.68. The van der Waals surface area contributed by atoms with Crippen molar-refractivity contribution in [1.82, 2.24) is 0 Å². The van der Waals surface area contributed by atoms with E-state index in [1.54, 1.807) is 12.1 Å². The predicted octanol–water partition coefficient (Wildman–Crippen LogP) is 4.33. The third-order valence-electron chi connectivity index (χ3n) is 2.56. The normalized spacial score (nSPS) is 10.3. The van der Waals surface area contributed by atoms with Gasteiger partial charge in [0.1, 0.15) is 5.75 Å². The van der Waals surface area contributed by atoms with Gasteiger partial charge in [-0.1, -0.05) is 35.4 Å². The molecule has 2 aromatic carbocycles. The van der Waals surface area contributed by atoms with Gasteiger partial charge in [0, 0.05) is 0 Å². The Balaban J connectivity index is 2.35. The summed E-state index contributed by atoms with van der Waals surface area (Å²) < 4.78 is 5.77. The van der Waals surface area contributed by atoms with Crippen molar-refractivity contribution in [2.75, 3.05) is 5.73 Å². The van der Waals surface area contributed by atoms with Crippen LogP contribution >= 0.6 is 11.6 Å². The molecule has 2 rings (SSSR count). The van der Waals surface area contributed by atoms with Crippen molar-refractivity contribution in [1.29, 1.82) is 0 Å². The monoisotopic (exact) mass is 247 g/mol. The van der Waals surface area contributed by atoms with Crippen LogP contribution in [0, 0.1) is 13.8 Å². The molecular formula is C14H14ClNO. The Morgan fingerprint density at radius 2 is 1.82 bits per heavy atom. The van der Waals surface area contributed by atoms with Crippen LogP contribution in [0.1, 0.15) is 11.1 Å². The van der Waals surface area contributed by atoms with E-state index in [0.717, 1.165) is 11.3 Å². The first-order valence-electron chi connectivity index (χ1n) is 5.37. The van der Waals surface area contributed by atoms with Gasteiger partial charge in [-0.2, -0.15) is 0 Å². The molecule has 0 heterocycles. The zero-order valence-electron chi connectivity index (χ0n) is 9.83. The largest absolute Gasteiger partial charge is 0.455 e. The molecule has 0 amide bonds. The topological polar surface area (TPSA) is 35.2 Å². The summed E-state index contributed by atoms with van der Waals surface area (Å²) in [5.41, 5.74) is 8.60. The van der Waals surface area contributed by atoms with Crippen molar-refractivity contribution < 1.29 is 4.74 Å². The summed E-state index contributed by atoms with van der Waals surface area (Å²) in [6.45, 7) is 4.05. The van der Waals surface area contributed by atoms with Gasteiger partial charge in [0.2, 0.25) is 0 Å². The minimum atomic E-state index is 0.467. The zero-order valence-corrected chi connectivity index (χ0v) is 10.6. The van der Waals surface area contributed by atoms with Crippen molar-refractivity contribution in [2.45, 2.75) is 13.8 Å². The first-order valence-corrected chi connectivity index (χ1v) is 5.75. The number of rotatable bonds is 2. The number of nitrogens with two attached hydrogens (primary N) is 1. The van der Waals surface area contributed by atoms with Crippen LogP contribution in [0.2, 0.25) is 5.02 Å². The van der Waals surface area contributed by atoms with Crippen LogP contribution in [0.3, 0.4) is 0 Å².